The Hall–Kier alpha value is -4.29. The number of rotatable bonds is 6. The molecule has 4 rings (SSSR count). The second-order valence-electron chi connectivity index (χ2n) is 6.98. The molecule has 170 valence electrons. The molecule has 13 heteroatoms. The van der Waals surface area contributed by atoms with E-state index >= 15 is 0 Å². The molecule has 1 aromatic carbocycles. The molecule has 3 heterocycles. The van der Waals surface area contributed by atoms with Gasteiger partial charge in [0.05, 0.1) is 0 Å². The van der Waals surface area contributed by atoms with E-state index in [0.717, 1.165) is 12.1 Å². The number of nitrogens with zero attached hydrogens (tertiary/aromatic N) is 4. The Bertz CT molecular complexity index is 1190. The van der Waals surface area contributed by atoms with Crippen molar-refractivity contribution < 1.29 is 27.5 Å². The summed E-state index contributed by atoms with van der Waals surface area (Å²) in [6, 6.07) is 8.89. The molecular weight excluding hydrogens is 443 g/mol. The minimum atomic E-state index is -4.60. The second-order valence-corrected chi connectivity index (χ2v) is 6.98. The van der Waals surface area contributed by atoms with Crippen LogP contribution in [0, 0.1) is 0 Å². The number of nitrogens with two attached hydrogens (primary N) is 1. The fourth-order valence-electron chi connectivity index (χ4n) is 3.01. The number of amides is 2. The lowest BCUT2D eigenvalue weighted by atomic mass is 10.2. The molecule has 33 heavy (non-hydrogen) atoms. The Kier molecular flexibility index (Phi) is 5.77. The molecule has 4 N–H and O–H groups in total. The van der Waals surface area contributed by atoms with Gasteiger partial charge in [-0.2, -0.15) is 13.2 Å². The number of ether oxygens (including phenoxy) is 1. The van der Waals surface area contributed by atoms with Crippen molar-refractivity contribution in [2.24, 2.45) is 5.73 Å². The Morgan fingerprint density at radius 1 is 1.12 bits per heavy atom. The van der Waals surface area contributed by atoms with Crippen LogP contribution in [-0.4, -0.2) is 44.6 Å². The normalized spacial score (nSPS) is 15.7. The Morgan fingerprint density at radius 2 is 1.88 bits per heavy atom. The zero-order valence-corrected chi connectivity index (χ0v) is 16.8. The molecule has 2 amide bonds. The van der Waals surface area contributed by atoms with Crippen LogP contribution in [0.1, 0.15) is 22.6 Å². The van der Waals surface area contributed by atoms with Gasteiger partial charge in [-0.05, 0) is 36.8 Å². The number of anilines is 1. The zero-order chi connectivity index (χ0) is 23.6. The summed E-state index contributed by atoms with van der Waals surface area (Å²) in [5.74, 6) is -0.352. The van der Waals surface area contributed by atoms with Crippen LogP contribution in [0.5, 0.6) is 11.6 Å². The van der Waals surface area contributed by atoms with E-state index in [1.54, 1.807) is 12.1 Å². The second kappa shape index (κ2) is 8.68. The Labute approximate surface area is 184 Å². The summed E-state index contributed by atoms with van der Waals surface area (Å²) in [7, 11) is 0. The fourth-order valence-corrected chi connectivity index (χ4v) is 3.01. The van der Waals surface area contributed by atoms with Crippen LogP contribution in [0.4, 0.5) is 19.0 Å². The lowest BCUT2D eigenvalue weighted by molar-refractivity contribution is -0.141. The van der Waals surface area contributed by atoms with Gasteiger partial charge in [0, 0.05) is 24.2 Å². The molecule has 0 spiro atoms. The number of primary amides is 1. The number of carbonyl (C=O) groups is 2. The highest BCUT2D eigenvalue weighted by molar-refractivity contribution is 5.92. The maximum absolute atomic E-state index is 12.6. The minimum Gasteiger partial charge on any atom is -0.438 e. The van der Waals surface area contributed by atoms with Gasteiger partial charge >= 0.3 is 6.18 Å². The summed E-state index contributed by atoms with van der Waals surface area (Å²) in [6.45, 7) is 0.530. The molecule has 0 bridgehead atoms. The number of benzene rings is 1. The van der Waals surface area contributed by atoms with Gasteiger partial charge in [0.15, 0.2) is 11.5 Å². The van der Waals surface area contributed by atoms with Crippen molar-refractivity contribution in [3.05, 3.63) is 53.9 Å². The van der Waals surface area contributed by atoms with Gasteiger partial charge in [0.1, 0.15) is 23.3 Å². The van der Waals surface area contributed by atoms with Crippen LogP contribution in [0.3, 0.4) is 0 Å². The molecule has 2 aromatic heterocycles. The monoisotopic (exact) mass is 459 g/mol. The Balaban J connectivity index is 1.54. The average Bonchev–Trinajstić information content (AvgIpc) is 3.18. The number of alkyl halides is 3. The van der Waals surface area contributed by atoms with Gasteiger partial charge in [0.25, 0.3) is 5.91 Å². The summed E-state index contributed by atoms with van der Waals surface area (Å²) >= 11 is 0. The maximum atomic E-state index is 12.6. The standard InChI is InChI=1S/C20H16F3N7O3/c21-20(22,23)14-5-6-16(30-29-14)33-11-3-1-10(2-4-11)18-27-13(17(24)31)9-15(28-18)26-12-7-8-25-19(12)32/h1-6,9,12H,7-8H2,(H2,24,31)(H,25,32)(H,26,27,28)/t12-/m0/s1. The fraction of sp³-hybridized carbons (Fsp3) is 0.200. The summed E-state index contributed by atoms with van der Waals surface area (Å²) in [6.07, 6.45) is -4.04. The van der Waals surface area contributed by atoms with Gasteiger partial charge in [-0.15, -0.1) is 10.2 Å². The van der Waals surface area contributed by atoms with Crippen LogP contribution in [-0.2, 0) is 11.0 Å². The maximum Gasteiger partial charge on any atom is 0.435 e. The van der Waals surface area contributed by atoms with E-state index in [0.29, 0.717) is 18.5 Å². The van der Waals surface area contributed by atoms with E-state index in [2.05, 4.69) is 30.8 Å². The number of hydrogen-bond donors (Lipinski definition) is 3. The predicted octanol–water partition coefficient (Wildman–Crippen LogP) is 2.14. The molecule has 1 saturated heterocycles. The highest BCUT2D eigenvalue weighted by atomic mass is 19.4. The molecular formula is C20H16F3N7O3. The first-order chi connectivity index (χ1) is 15.7. The van der Waals surface area contributed by atoms with Gasteiger partial charge in [0.2, 0.25) is 11.8 Å². The number of carbonyl (C=O) groups excluding carboxylic acids is 2. The largest absolute Gasteiger partial charge is 0.438 e. The number of aromatic nitrogens is 4. The molecule has 0 unspecified atom stereocenters. The van der Waals surface area contributed by atoms with Crippen molar-refractivity contribution >= 4 is 17.6 Å². The van der Waals surface area contributed by atoms with E-state index in [-0.39, 0.29) is 34.9 Å². The average molecular weight is 459 g/mol. The third kappa shape index (κ3) is 5.14. The van der Waals surface area contributed by atoms with Crippen molar-refractivity contribution in [3.8, 4) is 23.0 Å². The van der Waals surface area contributed by atoms with E-state index < -0.39 is 23.8 Å². The number of nitrogens with one attached hydrogen (secondary N) is 2. The molecule has 0 aliphatic carbocycles. The molecule has 0 radical (unpaired) electrons. The van der Waals surface area contributed by atoms with E-state index in [9.17, 15) is 22.8 Å². The zero-order valence-electron chi connectivity index (χ0n) is 16.8. The third-order valence-corrected chi connectivity index (χ3v) is 4.61. The summed E-state index contributed by atoms with van der Waals surface area (Å²) in [5, 5.41) is 12.2. The van der Waals surface area contributed by atoms with Crippen molar-refractivity contribution in [1.29, 1.82) is 0 Å². The quantitative estimate of drug-likeness (QED) is 0.508. The first-order valence-electron chi connectivity index (χ1n) is 9.61. The summed E-state index contributed by atoms with van der Waals surface area (Å²) in [5.41, 5.74) is 4.71. The first kappa shape index (κ1) is 21.9. The molecule has 1 aliphatic heterocycles. The molecule has 1 aliphatic rings. The molecule has 10 nitrogen and oxygen atoms in total. The molecule has 3 aromatic rings. The summed E-state index contributed by atoms with van der Waals surface area (Å²) < 4.78 is 43.2. The molecule has 1 fully saturated rings. The number of halogens is 3. The van der Waals surface area contributed by atoms with Gasteiger partial charge < -0.3 is 21.1 Å². The summed E-state index contributed by atoms with van der Waals surface area (Å²) in [4.78, 5) is 32.0. The van der Waals surface area contributed by atoms with Crippen LogP contribution >= 0.6 is 0 Å². The van der Waals surface area contributed by atoms with Gasteiger partial charge in [-0.25, -0.2) is 9.97 Å². The number of hydrogen-bond acceptors (Lipinski definition) is 8. The van der Waals surface area contributed by atoms with Crippen molar-refractivity contribution in [2.45, 2.75) is 18.6 Å². The van der Waals surface area contributed by atoms with Crippen molar-refractivity contribution in [3.63, 3.8) is 0 Å². The van der Waals surface area contributed by atoms with Crippen LogP contribution < -0.4 is 21.1 Å². The first-order valence-corrected chi connectivity index (χ1v) is 9.61. The van der Waals surface area contributed by atoms with Crippen LogP contribution in [0.15, 0.2) is 42.5 Å². The topological polar surface area (TPSA) is 145 Å². The highest BCUT2D eigenvalue weighted by Gasteiger charge is 2.33. The third-order valence-electron chi connectivity index (χ3n) is 4.61. The van der Waals surface area contributed by atoms with Crippen LogP contribution in [0.25, 0.3) is 11.4 Å². The molecule has 0 saturated carbocycles. The van der Waals surface area contributed by atoms with Gasteiger partial charge in [-0.3, -0.25) is 9.59 Å². The minimum absolute atomic E-state index is 0.0405. The predicted molar refractivity (Wildman–Crippen MR) is 108 cm³/mol. The van der Waals surface area contributed by atoms with E-state index in [4.69, 9.17) is 10.5 Å². The molecule has 1 atom stereocenters. The van der Waals surface area contributed by atoms with Crippen molar-refractivity contribution in [2.75, 3.05) is 11.9 Å². The van der Waals surface area contributed by atoms with Gasteiger partial charge in [-0.1, -0.05) is 0 Å². The van der Waals surface area contributed by atoms with Crippen molar-refractivity contribution in [1.82, 2.24) is 25.5 Å². The highest BCUT2D eigenvalue weighted by Crippen LogP contribution is 2.29. The lowest BCUT2D eigenvalue weighted by Gasteiger charge is -2.13. The van der Waals surface area contributed by atoms with E-state index in [1.165, 1.54) is 18.2 Å². The SMILES string of the molecule is NC(=O)c1cc(N[C@H]2CCNC2=O)nc(-c2ccc(Oc3ccc(C(F)(F)F)nn3)cc2)n1. The van der Waals surface area contributed by atoms with Crippen LogP contribution in [0.2, 0.25) is 0 Å². The lowest BCUT2D eigenvalue weighted by Crippen LogP contribution is -2.30. The Morgan fingerprint density at radius 3 is 2.45 bits per heavy atom. The van der Waals surface area contributed by atoms with E-state index in [1.807, 2.05) is 0 Å². The smallest absolute Gasteiger partial charge is 0.435 e.